The maximum absolute atomic E-state index is 10.7. The van der Waals surface area contributed by atoms with Crippen molar-refractivity contribution in [3.05, 3.63) is 31.2 Å². The molecular weight excluding hydrogens is 370 g/mol. The first-order valence-electron chi connectivity index (χ1n) is 5.19. The molecule has 0 aromatic heterocycles. The van der Waals surface area contributed by atoms with E-state index in [9.17, 15) is 15.2 Å². The molecule has 0 spiro atoms. The zero-order valence-corrected chi connectivity index (χ0v) is 13.1. The highest BCUT2D eigenvalue weighted by Crippen LogP contribution is 2.37. The molecule has 7 heteroatoms. The molecule has 5 nitrogen and oxygen atoms in total. The zero-order chi connectivity index (χ0) is 13.9. The minimum absolute atomic E-state index is 0.0245. The van der Waals surface area contributed by atoms with E-state index in [0.29, 0.717) is 27.7 Å². The second-order valence-corrected chi connectivity index (χ2v) is 6.12. The van der Waals surface area contributed by atoms with E-state index in [-0.39, 0.29) is 5.69 Å². The lowest BCUT2D eigenvalue weighted by Crippen LogP contribution is -2.21. The maximum Gasteiger partial charge on any atom is 0.271 e. The van der Waals surface area contributed by atoms with Crippen LogP contribution in [0.25, 0.3) is 0 Å². The summed E-state index contributed by atoms with van der Waals surface area (Å²) < 4.78 is 6.50. The highest BCUT2D eigenvalue weighted by molar-refractivity contribution is 9.11. The molecule has 0 atom stereocenters. The predicted octanol–water partition coefficient (Wildman–Crippen LogP) is 3.66. The van der Waals surface area contributed by atoms with Gasteiger partial charge in [0.2, 0.25) is 0 Å². The second kappa shape index (κ2) is 5.99. The quantitative estimate of drug-likeness (QED) is 0.623. The molecule has 0 aliphatic carbocycles. The molecule has 0 bridgehead atoms. The topological polar surface area (TPSA) is 72.6 Å². The van der Waals surface area contributed by atoms with Crippen LogP contribution in [0.5, 0.6) is 5.75 Å². The van der Waals surface area contributed by atoms with E-state index in [4.69, 9.17) is 4.74 Å². The number of halogens is 2. The molecule has 0 radical (unpaired) electrons. The van der Waals surface area contributed by atoms with Crippen LogP contribution in [-0.4, -0.2) is 22.2 Å². The van der Waals surface area contributed by atoms with Crippen LogP contribution in [0.4, 0.5) is 5.69 Å². The Kier molecular flexibility index (Phi) is 5.12. The van der Waals surface area contributed by atoms with Gasteiger partial charge in [-0.05, 0) is 45.7 Å². The Labute approximate surface area is 122 Å². The van der Waals surface area contributed by atoms with Crippen molar-refractivity contribution in [2.45, 2.75) is 25.9 Å². The summed E-state index contributed by atoms with van der Waals surface area (Å²) in [7, 11) is 0. The molecule has 0 fully saturated rings. The van der Waals surface area contributed by atoms with Crippen LogP contribution in [0, 0.1) is 10.1 Å². The van der Waals surface area contributed by atoms with Crippen LogP contribution in [0.1, 0.15) is 20.3 Å². The average Bonchev–Trinajstić information content (AvgIpc) is 2.20. The van der Waals surface area contributed by atoms with Crippen molar-refractivity contribution >= 4 is 37.5 Å². The molecule has 1 aromatic carbocycles. The highest BCUT2D eigenvalue weighted by Gasteiger charge is 2.17. The molecule has 0 saturated carbocycles. The number of hydrogen-bond acceptors (Lipinski definition) is 4. The SMILES string of the molecule is CC(C)(O)CCOc1c(Br)cc([N+](=O)[O-])cc1Br. The van der Waals surface area contributed by atoms with Crippen molar-refractivity contribution in [2.75, 3.05) is 6.61 Å². The van der Waals surface area contributed by atoms with E-state index in [1.54, 1.807) is 13.8 Å². The van der Waals surface area contributed by atoms with Crippen molar-refractivity contribution < 1.29 is 14.8 Å². The van der Waals surface area contributed by atoms with Crippen molar-refractivity contribution in [1.82, 2.24) is 0 Å². The first-order valence-corrected chi connectivity index (χ1v) is 6.78. The molecule has 1 rings (SSSR count). The monoisotopic (exact) mass is 381 g/mol. The largest absolute Gasteiger partial charge is 0.491 e. The molecule has 18 heavy (non-hydrogen) atoms. The number of aliphatic hydroxyl groups is 1. The van der Waals surface area contributed by atoms with Gasteiger partial charge in [-0.1, -0.05) is 0 Å². The molecule has 1 aromatic rings. The summed E-state index contributed by atoms with van der Waals surface area (Å²) in [4.78, 5) is 10.2. The molecule has 100 valence electrons. The van der Waals surface area contributed by atoms with E-state index in [2.05, 4.69) is 31.9 Å². The van der Waals surface area contributed by atoms with Gasteiger partial charge in [0, 0.05) is 18.6 Å². The molecule has 0 aliphatic heterocycles. The zero-order valence-electron chi connectivity index (χ0n) is 9.94. The molecule has 0 amide bonds. The van der Waals surface area contributed by atoms with Gasteiger partial charge < -0.3 is 9.84 Å². The predicted molar refractivity (Wildman–Crippen MR) is 74.9 cm³/mol. The van der Waals surface area contributed by atoms with E-state index in [0.717, 1.165) is 0 Å². The Bertz CT molecular complexity index is 434. The molecular formula is C11H13Br2NO4. The summed E-state index contributed by atoms with van der Waals surface area (Å²) in [6.45, 7) is 3.70. The van der Waals surface area contributed by atoms with Gasteiger partial charge in [-0.3, -0.25) is 10.1 Å². The van der Waals surface area contributed by atoms with Gasteiger partial charge in [-0.25, -0.2) is 0 Å². The van der Waals surface area contributed by atoms with Crippen LogP contribution in [0.3, 0.4) is 0 Å². The lowest BCUT2D eigenvalue weighted by Gasteiger charge is -2.18. The smallest absolute Gasteiger partial charge is 0.271 e. The summed E-state index contributed by atoms with van der Waals surface area (Å²) in [5, 5.41) is 20.2. The van der Waals surface area contributed by atoms with Crippen LogP contribution >= 0.6 is 31.9 Å². The van der Waals surface area contributed by atoms with Crippen LogP contribution in [-0.2, 0) is 0 Å². The molecule has 0 saturated heterocycles. The Morgan fingerprint density at radius 3 is 2.28 bits per heavy atom. The Hall–Kier alpha value is -0.660. The third-order valence-corrected chi connectivity index (χ3v) is 3.33. The third-order valence-electron chi connectivity index (χ3n) is 2.15. The summed E-state index contributed by atoms with van der Waals surface area (Å²) in [5.74, 6) is 0.491. The number of nitro groups is 1. The van der Waals surface area contributed by atoms with Gasteiger partial charge in [-0.2, -0.15) is 0 Å². The van der Waals surface area contributed by atoms with Crippen LogP contribution in [0.2, 0.25) is 0 Å². The summed E-state index contributed by atoms with van der Waals surface area (Å²) in [6, 6.07) is 2.76. The van der Waals surface area contributed by atoms with Gasteiger partial charge in [0.1, 0.15) is 5.75 Å². The highest BCUT2D eigenvalue weighted by atomic mass is 79.9. The number of ether oxygens (including phenoxy) is 1. The Balaban J connectivity index is 2.81. The number of nitro benzene ring substituents is 1. The van der Waals surface area contributed by atoms with Crippen molar-refractivity contribution in [2.24, 2.45) is 0 Å². The van der Waals surface area contributed by atoms with Crippen molar-refractivity contribution in [3.8, 4) is 5.75 Å². The van der Waals surface area contributed by atoms with E-state index in [1.807, 2.05) is 0 Å². The minimum atomic E-state index is -0.806. The number of hydrogen-bond donors (Lipinski definition) is 1. The third kappa shape index (κ3) is 4.55. The van der Waals surface area contributed by atoms with Gasteiger partial charge >= 0.3 is 0 Å². The van der Waals surface area contributed by atoms with Gasteiger partial charge in [-0.15, -0.1) is 0 Å². The van der Waals surface area contributed by atoms with Gasteiger partial charge in [0.05, 0.1) is 26.1 Å². The lowest BCUT2D eigenvalue weighted by molar-refractivity contribution is -0.385. The van der Waals surface area contributed by atoms with Crippen LogP contribution in [0.15, 0.2) is 21.1 Å². The van der Waals surface area contributed by atoms with Gasteiger partial charge in [0.15, 0.2) is 0 Å². The molecule has 1 N–H and O–H groups in total. The maximum atomic E-state index is 10.7. The first kappa shape index (κ1) is 15.4. The summed E-state index contributed by atoms with van der Waals surface area (Å²) in [6.07, 6.45) is 0.461. The fourth-order valence-electron chi connectivity index (χ4n) is 1.19. The molecule has 0 aliphatic rings. The van der Waals surface area contributed by atoms with Crippen molar-refractivity contribution in [1.29, 1.82) is 0 Å². The Morgan fingerprint density at radius 2 is 1.89 bits per heavy atom. The normalized spacial score (nSPS) is 11.4. The number of rotatable bonds is 5. The lowest BCUT2D eigenvalue weighted by atomic mass is 10.1. The minimum Gasteiger partial charge on any atom is -0.491 e. The standard InChI is InChI=1S/C11H13Br2NO4/c1-11(2,15)3-4-18-10-8(12)5-7(14(16)17)6-9(10)13/h5-6,15H,3-4H2,1-2H3. The first-order chi connectivity index (χ1) is 8.20. The number of benzene rings is 1. The average molecular weight is 383 g/mol. The number of nitrogens with zero attached hydrogens (tertiary/aromatic N) is 1. The molecule has 0 unspecified atom stereocenters. The fourth-order valence-corrected chi connectivity index (χ4v) is 2.58. The van der Waals surface area contributed by atoms with Crippen LogP contribution < -0.4 is 4.74 Å². The Morgan fingerprint density at radius 1 is 1.39 bits per heavy atom. The van der Waals surface area contributed by atoms with E-state index < -0.39 is 10.5 Å². The molecule has 0 heterocycles. The fraction of sp³-hybridized carbons (Fsp3) is 0.455. The van der Waals surface area contributed by atoms with Crippen molar-refractivity contribution in [3.63, 3.8) is 0 Å². The van der Waals surface area contributed by atoms with Gasteiger partial charge in [0.25, 0.3) is 5.69 Å². The van der Waals surface area contributed by atoms with E-state index in [1.165, 1.54) is 12.1 Å². The van der Waals surface area contributed by atoms with E-state index >= 15 is 0 Å². The summed E-state index contributed by atoms with van der Waals surface area (Å²) in [5.41, 5.74) is -0.830. The summed E-state index contributed by atoms with van der Waals surface area (Å²) >= 11 is 6.45. The second-order valence-electron chi connectivity index (χ2n) is 4.41. The number of non-ortho nitro benzene ring substituents is 1.